The summed E-state index contributed by atoms with van der Waals surface area (Å²) in [6.07, 6.45) is 12.6. The summed E-state index contributed by atoms with van der Waals surface area (Å²) in [5, 5.41) is 33.1. The quantitative estimate of drug-likeness (QED) is 0.107. The Balaban J connectivity index is 1.06. The fourth-order valence-electron chi connectivity index (χ4n) is 6.33. The fourth-order valence-corrected chi connectivity index (χ4v) is 6.50. The van der Waals surface area contributed by atoms with Gasteiger partial charge in [-0.2, -0.15) is 4.98 Å². The first kappa shape index (κ1) is 35.7. The van der Waals surface area contributed by atoms with Crippen LogP contribution in [0.3, 0.4) is 0 Å². The van der Waals surface area contributed by atoms with Gasteiger partial charge >= 0.3 is 5.97 Å². The molecule has 0 radical (unpaired) electrons. The number of fused-ring (bicyclic) bond motifs is 1. The summed E-state index contributed by atoms with van der Waals surface area (Å²) in [6, 6.07) is 5.34. The Morgan fingerprint density at radius 1 is 1.02 bits per heavy atom. The van der Waals surface area contributed by atoms with Crippen molar-refractivity contribution in [2.24, 2.45) is 5.73 Å². The number of anilines is 2. The molecule has 1 atom stereocenters. The van der Waals surface area contributed by atoms with Crippen molar-refractivity contribution in [1.29, 1.82) is 0 Å². The van der Waals surface area contributed by atoms with Crippen molar-refractivity contribution in [2.45, 2.75) is 102 Å². The summed E-state index contributed by atoms with van der Waals surface area (Å²) in [7, 11) is 0. The molecule has 15 heteroatoms. The van der Waals surface area contributed by atoms with Crippen LogP contribution in [0.25, 0.3) is 10.9 Å². The highest BCUT2D eigenvalue weighted by Crippen LogP contribution is 2.27. The van der Waals surface area contributed by atoms with Gasteiger partial charge in [-0.1, -0.05) is 36.1 Å². The van der Waals surface area contributed by atoms with E-state index in [-0.39, 0.29) is 24.8 Å². The van der Waals surface area contributed by atoms with E-state index in [1.165, 1.54) is 32.1 Å². The molecule has 3 aromatic rings. The van der Waals surface area contributed by atoms with Gasteiger partial charge in [0.25, 0.3) is 0 Å². The van der Waals surface area contributed by atoms with Crippen LogP contribution in [0.4, 0.5) is 11.8 Å². The second-order valence-corrected chi connectivity index (χ2v) is 13.3. The van der Waals surface area contributed by atoms with Crippen molar-refractivity contribution in [3.05, 3.63) is 35.1 Å². The van der Waals surface area contributed by atoms with Crippen molar-refractivity contribution < 1.29 is 14.7 Å². The topological polar surface area (TPSA) is 188 Å². The van der Waals surface area contributed by atoms with Gasteiger partial charge in [0.2, 0.25) is 11.9 Å². The molecule has 48 heavy (non-hydrogen) atoms. The number of hydrogen-bond donors (Lipinski definition) is 6. The normalized spacial score (nSPS) is 16.7. The number of likely N-dealkylation sites (tertiary alicyclic amines) is 1. The standard InChI is InChI=1S/C33H50ClN11O3/c34-23-8-9-27-29(20-23)40-33(41-31(27)39-25-12-18-44(19-13-25)30(46)11-10-28(35)32(47)48)38-21-26-22-45(43-42-26)17-5-15-36-14-4-16-37-24-6-2-1-3-7-24/h8-9,20,22,24-25,28,36-37H,1-7,10-19,21,35H2,(H,47,48)(H2,38,39,40,41)/t28-/m0/s1. The average Bonchev–Trinajstić information content (AvgIpc) is 3.55. The summed E-state index contributed by atoms with van der Waals surface area (Å²) >= 11 is 6.30. The van der Waals surface area contributed by atoms with Gasteiger partial charge in [-0.25, -0.2) is 4.98 Å². The van der Waals surface area contributed by atoms with Gasteiger partial charge in [0, 0.05) is 48.5 Å². The number of aromatic nitrogens is 5. The summed E-state index contributed by atoms with van der Waals surface area (Å²) in [5.74, 6) is -0.0182. The Bertz CT molecular complexity index is 1470. The van der Waals surface area contributed by atoms with Crippen molar-refractivity contribution in [3.63, 3.8) is 0 Å². The van der Waals surface area contributed by atoms with Crippen LogP contribution in [-0.2, 0) is 22.7 Å². The number of nitrogens with two attached hydrogens (primary N) is 1. The predicted molar refractivity (Wildman–Crippen MR) is 187 cm³/mol. The molecule has 0 spiro atoms. The van der Waals surface area contributed by atoms with E-state index in [0.717, 1.165) is 69.0 Å². The zero-order valence-corrected chi connectivity index (χ0v) is 28.4. The Kier molecular flexibility index (Phi) is 13.6. The lowest BCUT2D eigenvalue weighted by atomic mass is 9.95. The van der Waals surface area contributed by atoms with E-state index in [4.69, 9.17) is 32.4 Å². The lowest BCUT2D eigenvalue weighted by Gasteiger charge is -2.33. The molecule has 262 valence electrons. The number of hydrogen-bond acceptors (Lipinski definition) is 11. The Hall–Kier alpha value is -3.59. The molecule has 2 fully saturated rings. The number of amides is 1. The number of aliphatic carboxylic acids is 1. The Morgan fingerprint density at radius 3 is 2.60 bits per heavy atom. The summed E-state index contributed by atoms with van der Waals surface area (Å²) in [4.78, 5) is 34.8. The molecule has 3 heterocycles. The first-order valence-electron chi connectivity index (χ1n) is 17.4. The van der Waals surface area contributed by atoms with Gasteiger partial charge in [-0.3, -0.25) is 14.3 Å². The predicted octanol–water partition coefficient (Wildman–Crippen LogP) is 3.37. The highest BCUT2D eigenvalue weighted by molar-refractivity contribution is 6.31. The number of halogens is 1. The molecule has 2 aliphatic rings. The van der Waals surface area contributed by atoms with Crippen LogP contribution in [0.2, 0.25) is 5.02 Å². The highest BCUT2D eigenvalue weighted by Gasteiger charge is 2.25. The molecular weight excluding hydrogens is 634 g/mol. The smallest absolute Gasteiger partial charge is 0.320 e. The van der Waals surface area contributed by atoms with E-state index >= 15 is 0 Å². The molecule has 1 aliphatic carbocycles. The molecule has 7 N–H and O–H groups in total. The molecule has 2 aromatic heterocycles. The molecule has 1 amide bonds. The second-order valence-electron chi connectivity index (χ2n) is 12.9. The maximum absolute atomic E-state index is 12.6. The number of nitrogens with zero attached hydrogens (tertiary/aromatic N) is 6. The monoisotopic (exact) mass is 683 g/mol. The van der Waals surface area contributed by atoms with Gasteiger partial charge in [0.1, 0.15) is 17.6 Å². The van der Waals surface area contributed by atoms with Crippen LogP contribution >= 0.6 is 11.6 Å². The van der Waals surface area contributed by atoms with Crippen LogP contribution in [0.1, 0.15) is 76.3 Å². The third-order valence-electron chi connectivity index (χ3n) is 9.16. The third-order valence-corrected chi connectivity index (χ3v) is 9.39. The third kappa shape index (κ3) is 11.0. The maximum atomic E-state index is 12.6. The Labute approximate surface area is 287 Å². The Morgan fingerprint density at radius 2 is 1.81 bits per heavy atom. The molecule has 1 saturated carbocycles. The van der Waals surface area contributed by atoms with Crippen molar-refractivity contribution >= 4 is 46.1 Å². The minimum Gasteiger partial charge on any atom is -0.480 e. The lowest BCUT2D eigenvalue weighted by molar-refractivity contribution is -0.139. The van der Waals surface area contributed by atoms with Gasteiger partial charge in [0.15, 0.2) is 0 Å². The molecule has 1 aliphatic heterocycles. The van der Waals surface area contributed by atoms with E-state index in [1.807, 2.05) is 29.1 Å². The minimum atomic E-state index is -1.09. The van der Waals surface area contributed by atoms with Crippen molar-refractivity contribution in [1.82, 2.24) is 40.5 Å². The average molecular weight is 684 g/mol. The summed E-state index contributed by atoms with van der Waals surface area (Å²) in [5.41, 5.74) is 7.07. The first-order valence-corrected chi connectivity index (χ1v) is 17.8. The largest absolute Gasteiger partial charge is 0.480 e. The van der Waals surface area contributed by atoms with Crippen LogP contribution in [0, 0.1) is 0 Å². The zero-order chi connectivity index (χ0) is 33.7. The van der Waals surface area contributed by atoms with Crippen LogP contribution in [0.5, 0.6) is 0 Å². The summed E-state index contributed by atoms with van der Waals surface area (Å²) < 4.78 is 1.87. The van der Waals surface area contributed by atoms with Crippen LogP contribution in [0.15, 0.2) is 24.4 Å². The second kappa shape index (κ2) is 18.2. The van der Waals surface area contributed by atoms with Crippen molar-refractivity contribution in [2.75, 3.05) is 43.4 Å². The number of carboxylic acids is 1. The minimum absolute atomic E-state index is 0.0691. The molecule has 14 nitrogen and oxygen atoms in total. The zero-order valence-electron chi connectivity index (χ0n) is 27.7. The number of carbonyl (C=O) groups excluding carboxylic acids is 1. The molecular formula is C33H50ClN11O3. The van der Waals surface area contributed by atoms with E-state index in [9.17, 15) is 9.59 Å². The van der Waals surface area contributed by atoms with E-state index in [2.05, 4.69) is 31.6 Å². The van der Waals surface area contributed by atoms with E-state index < -0.39 is 12.0 Å². The van der Waals surface area contributed by atoms with Gasteiger partial charge in [0.05, 0.1) is 18.3 Å². The van der Waals surface area contributed by atoms with E-state index in [0.29, 0.717) is 41.9 Å². The number of carboxylic acid groups (broad SMARTS) is 1. The molecule has 0 unspecified atom stereocenters. The number of piperidine rings is 1. The van der Waals surface area contributed by atoms with Crippen LogP contribution in [-0.4, -0.2) is 97.7 Å². The molecule has 1 aromatic carbocycles. The molecule has 5 rings (SSSR count). The molecule has 1 saturated heterocycles. The number of carbonyl (C=O) groups is 2. The number of aryl methyl sites for hydroxylation is 1. The highest BCUT2D eigenvalue weighted by atomic mass is 35.5. The van der Waals surface area contributed by atoms with Gasteiger partial charge in [-0.05, 0) is 82.8 Å². The van der Waals surface area contributed by atoms with E-state index in [1.54, 1.807) is 4.90 Å². The first-order chi connectivity index (χ1) is 23.3. The number of nitrogens with one attached hydrogen (secondary N) is 4. The van der Waals surface area contributed by atoms with Crippen molar-refractivity contribution in [3.8, 4) is 0 Å². The van der Waals surface area contributed by atoms with Crippen LogP contribution < -0.4 is 27.0 Å². The number of rotatable bonds is 18. The fraction of sp³-hybridized carbons (Fsp3) is 0.636. The van der Waals surface area contributed by atoms with Gasteiger partial charge in [-0.15, -0.1) is 5.10 Å². The number of benzene rings is 1. The lowest BCUT2D eigenvalue weighted by Crippen LogP contribution is -2.43. The maximum Gasteiger partial charge on any atom is 0.320 e. The summed E-state index contributed by atoms with van der Waals surface area (Å²) in [6.45, 7) is 5.40. The SMILES string of the molecule is N[C@@H](CCC(=O)N1CCC(Nc2nc(NCc3cn(CCCNCCCNC4CCCCC4)nn3)nc3cc(Cl)ccc23)CC1)C(=O)O. The molecule has 0 bridgehead atoms. The van der Waals surface area contributed by atoms with Gasteiger partial charge < -0.3 is 37.0 Å².